The molecule has 2 saturated heterocycles. The van der Waals surface area contributed by atoms with Crippen LogP contribution in [0.2, 0.25) is 0 Å². The molecule has 0 N–H and O–H groups in total. The van der Waals surface area contributed by atoms with Crippen molar-refractivity contribution in [3.05, 3.63) is 24.3 Å². The molecule has 2 fully saturated rings. The first kappa shape index (κ1) is 46.9. The number of unbranched alkanes of at least 4 members (excludes halogenated alkanes) is 26. The van der Waals surface area contributed by atoms with E-state index >= 15 is 0 Å². The van der Waals surface area contributed by atoms with Crippen molar-refractivity contribution in [2.45, 2.75) is 226 Å². The lowest BCUT2D eigenvalue weighted by atomic mass is 10.0. The van der Waals surface area contributed by atoms with Crippen LogP contribution in [-0.4, -0.2) is 46.5 Å². The maximum atomic E-state index is 13.0. The van der Waals surface area contributed by atoms with Crippen LogP contribution in [0.4, 0.5) is 0 Å². The predicted molar refractivity (Wildman–Crippen MR) is 222 cm³/mol. The highest BCUT2D eigenvalue weighted by Crippen LogP contribution is 2.26. The van der Waals surface area contributed by atoms with Gasteiger partial charge in [0.1, 0.15) is 0 Å². The van der Waals surface area contributed by atoms with Gasteiger partial charge in [0, 0.05) is 25.9 Å². The third-order valence-electron chi connectivity index (χ3n) is 11.6. The van der Waals surface area contributed by atoms with E-state index in [2.05, 4.69) is 38.2 Å². The van der Waals surface area contributed by atoms with Gasteiger partial charge < -0.3 is 0 Å². The SMILES string of the molecule is CCCCCCCCCCCCCCC/C=C/CC1CC(=O)N(CCCN2C(=O)CC(C/C=C/CCCCCCCCCCCCCCC)C2=O)C1=O. The Bertz CT molecular complexity index is 956. The highest BCUT2D eigenvalue weighted by Gasteiger charge is 2.39. The Morgan fingerprint density at radius 1 is 0.396 bits per heavy atom. The molecule has 2 unspecified atom stereocenters. The Hall–Kier alpha value is -2.24. The molecule has 0 spiro atoms. The lowest BCUT2D eigenvalue weighted by molar-refractivity contribution is -0.139. The van der Waals surface area contributed by atoms with Crippen LogP contribution < -0.4 is 0 Å². The van der Waals surface area contributed by atoms with Gasteiger partial charge in [-0.25, -0.2) is 0 Å². The van der Waals surface area contributed by atoms with Gasteiger partial charge in [0.05, 0.1) is 11.8 Å². The van der Waals surface area contributed by atoms with Crippen molar-refractivity contribution in [2.75, 3.05) is 13.1 Å². The van der Waals surface area contributed by atoms with Crippen LogP contribution in [0.3, 0.4) is 0 Å². The van der Waals surface area contributed by atoms with Crippen molar-refractivity contribution in [3.8, 4) is 0 Å². The molecule has 2 aliphatic rings. The monoisotopic (exact) mass is 739 g/mol. The Balaban J connectivity index is 1.47. The van der Waals surface area contributed by atoms with Crippen molar-refractivity contribution in [1.82, 2.24) is 9.80 Å². The topological polar surface area (TPSA) is 74.8 Å². The summed E-state index contributed by atoms with van der Waals surface area (Å²) in [6.07, 6.45) is 47.9. The number of hydrogen-bond donors (Lipinski definition) is 0. The molecule has 2 rings (SSSR count). The highest BCUT2D eigenvalue weighted by molar-refractivity contribution is 6.04. The lowest BCUT2D eigenvalue weighted by Gasteiger charge is -2.18. The second kappa shape index (κ2) is 32.0. The van der Waals surface area contributed by atoms with Crippen LogP contribution in [0.15, 0.2) is 24.3 Å². The molecule has 0 bridgehead atoms. The van der Waals surface area contributed by atoms with Gasteiger partial charge in [-0.05, 0) is 44.9 Å². The molecule has 0 aromatic carbocycles. The number of imide groups is 2. The molecule has 2 aliphatic heterocycles. The highest BCUT2D eigenvalue weighted by atomic mass is 16.2. The maximum Gasteiger partial charge on any atom is 0.233 e. The molecule has 53 heavy (non-hydrogen) atoms. The van der Waals surface area contributed by atoms with E-state index in [1.54, 1.807) is 0 Å². The summed E-state index contributed by atoms with van der Waals surface area (Å²) in [6, 6.07) is 0. The van der Waals surface area contributed by atoms with Crippen molar-refractivity contribution >= 4 is 23.6 Å². The molecule has 304 valence electrons. The van der Waals surface area contributed by atoms with Gasteiger partial charge in [-0.1, -0.05) is 192 Å². The summed E-state index contributed by atoms with van der Waals surface area (Å²) in [5.41, 5.74) is 0. The fraction of sp³-hybridized carbons (Fsp3) is 0.830. The molecule has 0 aliphatic carbocycles. The minimum atomic E-state index is -0.281. The van der Waals surface area contributed by atoms with Gasteiger partial charge in [-0.15, -0.1) is 0 Å². The molecule has 4 amide bonds. The fourth-order valence-corrected chi connectivity index (χ4v) is 8.04. The lowest BCUT2D eigenvalue weighted by Crippen LogP contribution is -2.36. The summed E-state index contributed by atoms with van der Waals surface area (Å²) in [7, 11) is 0. The number of nitrogens with zero attached hydrogens (tertiary/aromatic N) is 2. The number of rotatable bonds is 36. The summed E-state index contributed by atoms with van der Waals surface area (Å²) >= 11 is 0. The molecule has 2 heterocycles. The maximum absolute atomic E-state index is 13.0. The van der Waals surface area contributed by atoms with Crippen LogP contribution in [-0.2, 0) is 19.2 Å². The molecule has 2 atom stereocenters. The second-order valence-electron chi connectivity index (χ2n) is 16.4. The largest absolute Gasteiger partial charge is 0.282 e. The van der Waals surface area contributed by atoms with E-state index in [9.17, 15) is 19.2 Å². The molecular weight excluding hydrogens is 657 g/mol. The summed E-state index contributed by atoms with van der Waals surface area (Å²) in [5.74, 6) is -1.03. The van der Waals surface area contributed by atoms with E-state index in [4.69, 9.17) is 0 Å². The molecule has 6 heteroatoms. The number of hydrogen-bond acceptors (Lipinski definition) is 4. The van der Waals surface area contributed by atoms with Gasteiger partial charge in [-0.2, -0.15) is 0 Å². The predicted octanol–water partition coefficient (Wildman–Crippen LogP) is 13.0. The summed E-state index contributed by atoms with van der Waals surface area (Å²) in [6.45, 7) is 5.10. The van der Waals surface area contributed by atoms with E-state index in [-0.39, 0.29) is 61.4 Å². The smallest absolute Gasteiger partial charge is 0.233 e. The van der Waals surface area contributed by atoms with Crippen molar-refractivity contribution in [1.29, 1.82) is 0 Å². The third-order valence-corrected chi connectivity index (χ3v) is 11.6. The molecule has 0 aromatic heterocycles. The fourth-order valence-electron chi connectivity index (χ4n) is 8.04. The number of carbonyl (C=O) groups excluding carboxylic acids is 4. The number of allylic oxidation sites excluding steroid dienone is 4. The van der Waals surface area contributed by atoms with E-state index in [1.165, 1.54) is 177 Å². The standard InChI is InChI=1S/C47H82N2O4/c1-3-5-7-9-11-13-15-17-19-21-23-25-27-29-31-33-36-42-40-44(50)48(46(42)52)38-35-39-49-45(51)41-43(47(49)53)37-34-32-30-28-26-24-22-20-18-16-14-12-10-8-6-4-2/h31-34,42-43H,3-30,35-41H2,1-2H3/b33-31+,34-32+. The summed E-state index contributed by atoms with van der Waals surface area (Å²) in [5, 5.41) is 0. The number of carbonyl (C=O) groups is 4. The van der Waals surface area contributed by atoms with E-state index < -0.39 is 0 Å². The number of amides is 4. The zero-order chi connectivity index (χ0) is 38.2. The van der Waals surface area contributed by atoms with Gasteiger partial charge in [0.25, 0.3) is 0 Å². The van der Waals surface area contributed by atoms with E-state index in [0.717, 1.165) is 12.8 Å². The number of likely N-dealkylation sites (tertiary alicyclic amines) is 2. The van der Waals surface area contributed by atoms with Crippen molar-refractivity contribution < 1.29 is 19.2 Å². The first-order valence-corrected chi connectivity index (χ1v) is 23.0. The molecule has 0 aromatic rings. The Kier molecular flexibility index (Phi) is 28.4. The van der Waals surface area contributed by atoms with Gasteiger partial charge in [-0.3, -0.25) is 29.0 Å². The van der Waals surface area contributed by atoms with Gasteiger partial charge in [0.15, 0.2) is 0 Å². The first-order valence-electron chi connectivity index (χ1n) is 23.0. The molecule has 0 radical (unpaired) electrons. The average molecular weight is 739 g/mol. The van der Waals surface area contributed by atoms with Crippen molar-refractivity contribution in [2.24, 2.45) is 11.8 Å². The van der Waals surface area contributed by atoms with E-state index in [0.29, 0.717) is 19.3 Å². The van der Waals surface area contributed by atoms with E-state index in [1.807, 2.05) is 0 Å². The van der Waals surface area contributed by atoms with Gasteiger partial charge >= 0.3 is 0 Å². The minimum absolute atomic E-state index is 0.105. The second-order valence-corrected chi connectivity index (χ2v) is 16.4. The zero-order valence-corrected chi connectivity index (χ0v) is 34.7. The quantitative estimate of drug-likeness (QED) is 0.0364. The van der Waals surface area contributed by atoms with Crippen LogP contribution in [0.5, 0.6) is 0 Å². The third kappa shape index (κ3) is 22.0. The average Bonchev–Trinajstić information content (AvgIpc) is 3.58. The van der Waals surface area contributed by atoms with Crippen LogP contribution in [0.1, 0.15) is 226 Å². The first-order chi connectivity index (χ1) is 26.0. The molecule has 0 saturated carbocycles. The van der Waals surface area contributed by atoms with Crippen LogP contribution in [0, 0.1) is 11.8 Å². The van der Waals surface area contributed by atoms with Crippen molar-refractivity contribution in [3.63, 3.8) is 0 Å². The summed E-state index contributed by atoms with van der Waals surface area (Å²) in [4.78, 5) is 53.9. The normalized spacial score (nSPS) is 18.0. The molecular formula is C47H82N2O4. The minimum Gasteiger partial charge on any atom is -0.282 e. The molecule has 6 nitrogen and oxygen atoms in total. The Labute approximate surface area is 326 Å². The van der Waals surface area contributed by atoms with Crippen LogP contribution >= 0.6 is 0 Å². The van der Waals surface area contributed by atoms with Crippen LogP contribution in [0.25, 0.3) is 0 Å². The Morgan fingerprint density at radius 2 is 0.679 bits per heavy atom. The Morgan fingerprint density at radius 3 is 0.981 bits per heavy atom. The zero-order valence-electron chi connectivity index (χ0n) is 34.7. The van der Waals surface area contributed by atoms with Gasteiger partial charge in [0.2, 0.25) is 23.6 Å². The summed E-state index contributed by atoms with van der Waals surface area (Å²) < 4.78 is 0.